The fourth-order valence-corrected chi connectivity index (χ4v) is 2.12. The quantitative estimate of drug-likeness (QED) is 0.844. The summed E-state index contributed by atoms with van der Waals surface area (Å²) in [7, 11) is 0. The van der Waals surface area contributed by atoms with Crippen molar-refractivity contribution >= 4 is 5.91 Å². The van der Waals surface area contributed by atoms with E-state index in [2.05, 4.69) is 14.7 Å². The number of aromatic nitrogens is 2. The number of hydrogen-bond acceptors (Lipinski definition) is 6. The number of carbonyl (C=O) groups excluding carboxylic acids is 1. The van der Waals surface area contributed by atoms with Crippen molar-refractivity contribution in [1.29, 1.82) is 0 Å². The number of hydrogen-bond donors (Lipinski definition) is 0. The van der Waals surface area contributed by atoms with Crippen molar-refractivity contribution in [2.75, 3.05) is 26.3 Å². The van der Waals surface area contributed by atoms with Crippen LogP contribution in [0.5, 0.6) is 5.75 Å². The molecule has 1 aromatic heterocycles. The number of rotatable bonds is 4. The smallest absolute Gasteiger partial charge is 0.260 e. The van der Waals surface area contributed by atoms with Crippen LogP contribution in [0.15, 0.2) is 35.2 Å². The molecule has 3 rings (SSSR count). The summed E-state index contributed by atoms with van der Waals surface area (Å²) < 4.78 is 28.3. The third-order valence-corrected chi connectivity index (χ3v) is 3.26. The summed E-state index contributed by atoms with van der Waals surface area (Å²) in [6.45, 7) is 1.08. The van der Waals surface area contributed by atoms with Gasteiger partial charge in [-0.1, -0.05) is 5.16 Å². The van der Waals surface area contributed by atoms with Gasteiger partial charge in [0, 0.05) is 6.54 Å². The minimum Gasteiger partial charge on any atom is -0.484 e. The third-order valence-electron chi connectivity index (χ3n) is 3.26. The maximum Gasteiger partial charge on any atom is 0.260 e. The molecule has 0 radical (unpaired) electrons. The van der Waals surface area contributed by atoms with E-state index in [1.54, 1.807) is 4.90 Å². The van der Waals surface area contributed by atoms with Gasteiger partial charge in [-0.2, -0.15) is 4.98 Å². The fourth-order valence-electron chi connectivity index (χ4n) is 2.12. The fraction of sp³-hybridized carbons (Fsp3) is 0.357. The molecule has 2 heterocycles. The largest absolute Gasteiger partial charge is 0.484 e. The van der Waals surface area contributed by atoms with Gasteiger partial charge in [-0.3, -0.25) is 4.79 Å². The van der Waals surface area contributed by atoms with Gasteiger partial charge in [0.05, 0.1) is 13.2 Å². The van der Waals surface area contributed by atoms with Crippen LogP contribution < -0.4 is 4.74 Å². The van der Waals surface area contributed by atoms with Crippen LogP contribution in [0.1, 0.15) is 11.9 Å². The van der Waals surface area contributed by atoms with Crippen LogP contribution in [-0.4, -0.2) is 47.3 Å². The van der Waals surface area contributed by atoms with Crippen LogP contribution in [0.2, 0.25) is 0 Å². The van der Waals surface area contributed by atoms with Crippen molar-refractivity contribution in [3.63, 3.8) is 0 Å². The van der Waals surface area contributed by atoms with Crippen molar-refractivity contribution in [2.24, 2.45) is 0 Å². The molecular formula is C14H14FN3O4. The van der Waals surface area contributed by atoms with Gasteiger partial charge in [-0.15, -0.1) is 0 Å². The first-order valence-corrected chi connectivity index (χ1v) is 6.76. The van der Waals surface area contributed by atoms with E-state index >= 15 is 0 Å². The molecule has 1 saturated heterocycles. The zero-order chi connectivity index (χ0) is 15.4. The van der Waals surface area contributed by atoms with Crippen LogP contribution in [0.4, 0.5) is 4.39 Å². The van der Waals surface area contributed by atoms with Gasteiger partial charge < -0.3 is 18.9 Å². The second-order valence-electron chi connectivity index (χ2n) is 4.73. The van der Waals surface area contributed by atoms with E-state index in [1.165, 1.54) is 30.7 Å². The molecule has 7 nitrogen and oxygen atoms in total. The Morgan fingerprint density at radius 1 is 1.41 bits per heavy atom. The van der Waals surface area contributed by atoms with Gasteiger partial charge in [-0.25, -0.2) is 4.39 Å². The van der Waals surface area contributed by atoms with E-state index < -0.39 is 6.10 Å². The van der Waals surface area contributed by atoms with Gasteiger partial charge in [0.1, 0.15) is 17.7 Å². The molecule has 0 aliphatic carbocycles. The number of amides is 1. The summed E-state index contributed by atoms with van der Waals surface area (Å²) in [4.78, 5) is 17.7. The SMILES string of the molecule is O=C(COc1ccc(F)cc1)N1CCOC(c2ncon2)C1. The third kappa shape index (κ3) is 3.40. The molecule has 1 fully saturated rings. The van der Waals surface area contributed by atoms with Crippen LogP contribution in [0.3, 0.4) is 0 Å². The van der Waals surface area contributed by atoms with Crippen molar-refractivity contribution in [2.45, 2.75) is 6.10 Å². The number of ether oxygens (including phenoxy) is 2. The summed E-state index contributed by atoms with van der Waals surface area (Å²) in [5.41, 5.74) is 0. The summed E-state index contributed by atoms with van der Waals surface area (Å²) >= 11 is 0. The normalized spacial score (nSPS) is 18.2. The lowest BCUT2D eigenvalue weighted by Crippen LogP contribution is -2.44. The first-order chi connectivity index (χ1) is 10.7. The summed E-state index contributed by atoms with van der Waals surface area (Å²) in [6, 6.07) is 5.51. The van der Waals surface area contributed by atoms with E-state index in [1.807, 2.05) is 0 Å². The summed E-state index contributed by atoms with van der Waals surface area (Å²) in [5.74, 6) is 0.325. The molecule has 1 aliphatic heterocycles. The molecule has 0 spiro atoms. The Balaban J connectivity index is 1.54. The molecule has 1 aromatic carbocycles. The topological polar surface area (TPSA) is 77.7 Å². The molecule has 1 amide bonds. The Hall–Kier alpha value is -2.48. The number of morpholine rings is 1. The molecule has 1 atom stereocenters. The molecule has 0 saturated carbocycles. The van der Waals surface area contributed by atoms with E-state index in [4.69, 9.17) is 9.47 Å². The second-order valence-corrected chi connectivity index (χ2v) is 4.73. The Labute approximate surface area is 125 Å². The Kier molecular flexibility index (Phi) is 4.29. The monoisotopic (exact) mass is 307 g/mol. The number of carbonyl (C=O) groups is 1. The summed E-state index contributed by atoms with van der Waals surface area (Å²) in [5, 5.41) is 3.72. The van der Waals surface area contributed by atoms with Crippen molar-refractivity contribution < 1.29 is 23.2 Å². The van der Waals surface area contributed by atoms with E-state index in [0.29, 0.717) is 31.3 Å². The predicted octanol–water partition coefficient (Wildman–Crippen LogP) is 1.19. The molecule has 2 aromatic rings. The predicted molar refractivity (Wildman–Crippen MR) is 71.5 cm³/mol. The average molecular weight is 307 g/mol. The van der Waals surface area contributed by atoms with Crippen molar-refractivity contribution in [1.82, 2.24) is 15.0 Å². The maximum atomic E-state index is 12.8. The van der Waals surface area contributed by atoms with E-state index in [-0.39, 0.29) is 18.3 Å². The van der Waals surface area contributed by atoms with Gasteiger partial charge in [0.2, 0.25) is 12.2 Å². The zero-order valence-corrected chi connectivity index (χ0v) is 11.6. The first kappa shape index (κ1) is 14.5. The molecule has 116 valence electrons. The highest BCUT2D eigenvalue weighted by Crippen LogP contribution is 2.19. The lowest BCUT2D eigenvalue weighted by atomic mass is 10.2. The highest BCUT2D eigenvalue weighted by Gasteiger charge is 2.28. The van der Waals surface area contributed by atoms with Gasteiger partial charge >= 0.3 is 0 Å². The van der Waals surface area contributed by atoms with Gasteiger partial charge in [0.25, 0.3) is 5.91 Å². The molecular weight excluding hydrogens is 293 g/mol. The molecule has 22 heavy (non-hydrogen) atoms. The lowest BCUT2D eigenvalue weighted by Gasteiger charge is -2.31. The molecule has 0 bridgehead atoms. The molecule has 8 heteroatoms. The zero-order valence-electron chi connectivity index (χ0n) is 11.6. The Morgan fingerprint density at radius 3 is 2.95 bits per heavy atom. The second kappa shape index (κ2) is 6.52. The molecule has 1 aliphatic rings. The lowest BCUT2D eigenvalue weighted by molar-refractivity contribution is -0.141. The van der Waals surface area contributed by atoms with Crippen LogP contribution >= 0.6 is 0 Å². The number of benzene rings is 1. The first-order valence-electron chi connectivity index (χ1n) is 6.76. The van der Waals surface area contributed by atoms with Crippen LogP contribution in [0, 0.1) is 5.82 Å². The average Bonchev–Trinajstić information content (AvgIpc) is 3.09. The van der Waals surface area contributed by atoms with Gasteiger partial charge in [-0.05, 0) is 24.3 Å². The molecule has 1 unspecified atom stereocenters. The number of halogens is 1. The van der Waals surface area contributed by atoms with Gasteiger partial charge in [0.15, 0.2) is 6.61 Å². The maximum absolute atomic E-state index is 12.8. The van der Waals surface area contributed by atoms with Crippen molar-refractivity contribution in [3.8, 4) is 5.75 Å². The van der Waals surface area contributed by atoms with E-state index in [9.17, 15) is 9.18 Å². The standard InChI is InChI=1S/C14H14FN3O4/c15-10-1-3-11(4-2-10)21-8-13(19)18-5-6-20-12(7-18)14-16-9-22-17-14/h1-4,9,12H,5-8H2. The minimum atomic E-state index is -0.401. The minimum absolute atomic E-state index is 0.120. The Bertz CT molecular complexity index is 618. The van der Waals surface area contributed by atoms with Crippen molar-refractivity contribution in [3.05, 3.63) is 42.3 Å². The highest BCUT2D eigenvalue weighted by molar-refractivity contribution is 5.77. The van der Waals surface area contributed by atoms with E-state index in [0.717, 1.165) is 0 Å². The molecule has 0 N–H and O–H groups in total. The number of nitrogens with zero attached hydrogens (tertiary/aromatic N) is 3. The van der Waals surface area contributed by atoms with Crippen LogP contribution in [-0.2, 0) is 9.53 Å². The highest BCUT2D eigenvalue weighted by atomic mass is 19.1. The van der Waals surface area contributed by atoms with Crippen LogP contribution in [0.25, 0.3) is 0 Å². The summed E-state index contributed by atoms with van der Waals surface area (Å²) in [6.07, 6.45) is 0.819. The Morgan fingerprint density at radius 2 is 2.23 bits per heavy atom.